The van der Waals surface area contributed by atoms with E-state index in [9.17, 15) is 13.9 Å². The maximum absolute atomic E-state index is 10.4. The van der Waals surface area contributed by atoms with Crippen LogP contribution in [0.15, 0.2) is 0 Å². The number of hydrogen-bond donors (Lipinski definition) is 2. The van der Waals surface area contributed by atoms with E-state index in [0.717, 1.165) is 6.92 Å². The van der Waals surface area contributed by atoms with Crippen LogP contribution in [0.2, 0.25) is 0 Å². The van der Waals surface area contributed by atoms with Crippen molar-refractivity contribution in [3.63, 3.8) is 0 Å². The van der Waals surface area contributed by atoms with Gasteiger partial charge in [-0.3, -0.25) is 4.79 Å². The van der Waals surface area contributed by atoms with Crippen molar-refractivity contribution in [1.82, 2.24) is 0 Å². The summed E-state index contributed by atoms with van der Waals surface area (Å²) in [5.41, 5.74) is -1.16. The van der Waals surface area contributed by atoms with Crippen molar-refractivity contribution in [3.05, 3.63) is 0 Å². The van der Waals surface area contributed by atoms with E-state index in [4.69, 9.17) is 9.79 Å². The van der Waals surface area contributed by atoms with E-state index in [-0.39, 0.29) is 0 Å². The summed E-state index contributed by atoms with van der Waals surface area (Å²) in [6, 6.07) is 0. The second-order valence-corrected chi connectivity index (χ2v) is 4.16. The zero-order valence-electron chi connectivity index (χ0n) is 4.92. The van der Waals surface area contributed by atoms with Gasteiger partial charge in [-0.05, 0) is 4.31 Å². The molecule has 0 bridgehead atoms. The van der Waals surface area contributed by atoms with Crippen molar-refractivity contribution in [2.24, 2.45) is 0 Å². The predicted molar refractivity (Wildman–Crippen MR) is 31.4 cm³/mol. The van der Waals surface area contributed by atoms with Gasteiger partial charge in [-0.25, -0.2) is 4.57 Å². The number of rotatable bonds is 3. The molecule has 0 saturated carbocycles. The average Bonchev–Trinajstić information content (AvgIpc) is 1.60. The second-order valence-electron chi connectivity index (χ2n) is 1.36. The highest BCUT2D eigenvalue weighted by atomic mass is 31.2. The molecule has 6 nitrogen and oxygen atoms in total. The molecule has 58 valence electrons. The fourth-order valence-corrected chi connectivity index (χ4v) is 1.37. The van der Waals surface area contributed by atoms with Crippen LogP contribution in [0.3, 0.4) is 0 Å². The zero-order valence-corrected chi connectivity index (χ0v) is 6.71. The van der Waals surface area contributed by atoms with Gasteiger partial charge >= 0.3 is 15.9 Å². The normalized spacial score (nSPS) is 17.7. The van der Waals surface area contributed by atoms with Crippen LogP contribution in [-0.4, -0.2) is 15.3 Å². The van der Waals surface area contributed by atoms with Crippen molar-refractivity contribution in [2.75, 3.05) is 0 Å². The van der Waals surface area contributed by atoms with Crippen molar-refractivity contribution >= 4 is 21.4 Å². The van der Waals surface area contributed by atoms with Gasteiger partial charge in [0, 0.05) is 11.5 Å². The lowest BCUT2D eigenvalue weighted by Gasteiger charge is -1.94. The van der Waals surface area contributed by atoms with Crippen LogP contribution in [0.25, 0.3) is 0 Å². The van der Waals surface area contributed by atoms with Crippen LogP contribution in [-0.2, 0) is 18.2 Å². The predicted octanol–water partition coefficient (Wildman–Crippen LogP) is 0.385. The van der Waals surface area contributed by atoms with E-state index in [1.807, 2.05) is 0 Å². The maximum Gasteiger partial charge on any atom is 0.704 e. The van der Waals surface area contributed by atoms with Gasteiger partial charge in [0.1, 0.15) is 0 Å². The first kappa shape index (κ1) is 9.88. The van der Waals surface area contributed by atoms with Crippen molar-refractivity contribution in [1.29, 1.82) is 0 Å². The van der Waals surface area contributed by atoms with Crippen molar-refractivity contribution in [3.8, 4) is 0 Å². The van der Waals surface area contributed by atoms with Gasteiger partial charge < -0.3 is 4.89 Å². The summed E-state index contributed by atoms with van der Waals surface area (Å²) in [6.07, 6.45) is 0. The molecule has 0 aromatic rings. The van der Waals surface area contributed by atoms with Gasteiger partial charge in [-0.1, -0.05) is 0 Å². The van der Waals surface area contributed by atoms with Crippen LogP contribution in [0.1, 0.15) is 6.92 Å². The topological polar surface area (TPSA) is 101 Å². The monoisotopic (exact) mass is 187 g/mol. The highest BCUT2D eigenvalue weighted by Crippen LogP contribution is 2.49. The SMILES string of the molecule is CC(=O)P(=O)(O)O[P+](=O)O. The molecular weight excluding hydrogens is 182 g/mol. The van der Waals surface area contributed by atoms with Gasteiger partial charge in [0.05, 0.1) is 0 Å². The Balaban J connectivity index is 4.29. The minimum Gasteiger partial charge on any atom is -0.316 e. The molecule has 0 aromatic heterocycles. The molecule has 0 aromatic carbocycles. The molecule has 10 heavy (non-hydrogen) atoms. The van der Waals surface area contributed by atoms with E-state index in [0.29, 0.717) is 0 Å². The molecule has 2 N–H and O–H groups in total. The highest BCUT2D eigenvalue weighted by Gasteiger charge is 2.37. The molecule has 8 heteroatoms. The second kappa shape index (κ2) is 3.32. The molecule has 0 fully saturated rings. The first-order chi connectivity index (χ1) is 4.36. The lowest BCUT2D eigenvalue weighted by Crippen LogP contribution is -1.92. The summed E-state index contributed by atoms with van der Waals surface area (Å²) in [4.78, 5) is 26.5. The summed E-state index contributed by atoms with van der Waals surface area (Å²) in [7, 11) is -7.70. The minimum atomic E-state index is -4.49. The first-order valence-electron chi connectivity index (χ1n) is 2.06. The highest BCUT2D eigenvalue weighted by molar-refractivity contribution is 7.74. The van der Waals surface area contributed by atoms with Gasteiger partial charge in [0.25, 0.3) is 0 Å². The van der Waals surface area contributed by atoms with E-state index in [1.54, 1.807) is 0 Å². The minimum absolute atomic E-state index is 0.791. The van der Waals surface area contributed by atoms with E-state index in [2.05, 4.69) is 4.31 Å². The Bertz CT molecular complexity index is 208. The van der Waals surface area contributed by atoms with Crippen molar-refractivity contribution in [2.45, 2.75) is 6.92 Å². The molecule has 0 amide bonds. The lowest BCUT2D eigenvalue weighted by molar-refractivity contribution is -0.111. The third-order valence-corrected chi connectivity index (χ3v) is 2.82. The number of carbonyl (C=O) groups is 1. The van der Waals surface area contributed by atoms with Crippen LogP contribution < -0.4 is 0 Å². The summed E-state index contributed by atoms with van der Waals surface area (Å²) in [5, 5.41) is 0. The van der Waals surface area contributed by atoms with E-state index in [1.165, 1.54) is 0 Å². The van der Waals surface area contributed by atoms with Crippen LogP contribution in [0.5, 0.6) is 0 Å². The molecule has 0 saturated heterocycles. The Morgan fingerprint density at radius 1 is 1.70 bits per heavy atom. The fourth-order valence-electron chi connectivity index (χ4n) is 0.152. The molecule has 0 radical (unpaired) electrons. The molecule has 0 heterocycles. The summed E-state index contributed by atoms with van der Waals surface area (Å²) < 4.78 is 23.7. The molecule has 2 unspecified atom stereocenters. The third-order valence-electron chi connectivity index (χ3n) is 0.578. The van der Waals surface area contributed by atoms with E-state index >= 15 is 0 Å². The lowest BCUT2D eigenvalue weighted by atomic mass is 10.9. The number of hydrogen-bond acceptors (Lipinski definition) is 4. The molecular formula is C2H5O6P2+. The van der Waals surface area contributed by atoms with Gasteiger partial charge in [0.2, 0.25) is 5.52 Å². The van der Waals surface area contributed by atoms with Crippen molar-refractivity contribution < 1.29 is 28.0 Å². The summed E-state index contributed by atoms with van der Waals surface area (Å²) in [6.45, 7) is 0.791. The Kier molecular flexibility index (Phi) is 3.28. The molecule has 0 aliphatic carbocycles. The Labute approximate surface area is 57.3 Å². The van der Waals surface area contributed by atoms with Gasteiger partial charge in [-0.15, -0.1) is 4.89 Å². The summed E-state index contributed by atoms with van der Waals surface area (Å²) >= 11 is 0. The standard InChI is InChI=1S/C2H4O6P2/c1-2(3)10(6,7)8-9(4)5/h1H3,(H-,4,5,6,7)/p+1. The molecule has 0 aliphatic heterocycles. The van der Waals surface area contributed by atoms with Crippen LogP contribution in [0.4, 0.5) is 0 Å². The quantitative estimate of drug-likeness (QED) is 0.619. The zero-order chi connectivity index (χ0) is 8.36. The third kappa shape index (κ3) is 3.15. The fraction of sp³-hybridized carbons (Fsp3) is 0.500. The van der Waals surface area contributed by atoms with Crippen LogP contribution >= 0.6 is 15.9 Å². The Morgan fingerprint density at radius 2 is 2.10 bits per heavy atom. The molecule has 0 rings (SSSR count). The molecule has 0 spiro atoms. The van der Waals surface area contributed by atoms with Crippen LogP contribution in [0, 0.1) is 0 Å². The van der Waals surface area contributed by atoms with E-state index < -0.39 is 21.4 Å². The Morgan fingerprint density at radius 3 is 2.20 bits per heavy atom. The molecule has 0 aliphatic rings. The molecule has 2 atom stereocenters. The summed E-state index contributed by atoms with van der Waals surface area (Å²) in [5.74, 6) is 0. The Hall–Kier alpha value is -0.120. The maximum atomic E-state index is 10.4. The largest absolute Gasteiger partial charge is 0.704 e. The first-order valence-corrected chi connectivity index (χ1v) is 4.77. The van der Waals surface area contributed by atoms with Gasteiger partial charge in [0.15, 0.2) is 0 Å². The average molecular weight is 187 g/mol. The van der Waals surface area contributed by atoms with Gasteiger partial charge in [-0.2, -0.15) is 0 Å². The number of carbonyl (C=O) groups excluding carboxylic acids is 1. The smallest absolute Gasteiger partial charge is 0.316 e.